The van der Waals surface area contributed by atoms with Gasteiger partial charge in [-0.2, -0.15) is 4.31 Å². The predicted octanol–water partition coefficient (Wildman–Crippen LogP) is 1.88. The van der Waals surface area contributed by atoms with Gasteiger partial charge in [0, 0.05) is 25.2 Å². The van der Waals surface area contributed by atoms with Crippen LogP contribution in [-0.4, -0.2) is 45.2 Å². The van der Waals surface area contributed by atoms with Crippen molar-refractivity contribution < 1.29 is 17.9 Å². The fraction of sp³-hybridized carbons (Fsp3) is 0.647. The molecule has 3 heterocycles. The Morgan fingerprint density at radius 3 is 2.50 bits per heavy atom. The summed E-state index contributed by atoms with van der Waals surface area (Å²) in [5, 5.41) is 3.55. The molecular weight excluding hydrogens is 328 g/mol. The quantitative estimate of drug-likeness (QED) is 0.900. The standard InChI is InChI=1S/C17H24N2O4S/c1-12-9-15-16(23-11-22-15)10-17(12)24(20,21)19-7-4-13(5-8-19)14-3-2-6-18-14/h9-10,13-14,18H,2-8,11H2,1H3. The number of hydrogen-bond acceptors (Lipinski definition) is 5. The van der Waals surface area contributed by atoms with E-state index >= 15 is 0 Å². The molecule has 3 aliphatic rings. The van der Waals surface area contributed by atoms with E-state index in [2.05, 4.69) is 5.32 Å². The molecule has 0 aromatic heterocycles. The van der Waals surface area contributed by atoms with Crippen molar-refractivity contribution in [3.8, 4) is 11.5 Å². The normalized spacial score (nSPS) is 25.3. The minimum Gasteiger partial charge on any atom is -0.454 e. The van der Waals surface area contributed by atoms with Crippen LogP contribution in [-0.2, 0) is 10.0 Å². The lowest BCUT2D eigenvalue weighted by Gasteiger charge is -2.34. The highest BCUT2D eigenvalue weighted by molar-refractivity contribution is 7.89. The van der Waals surface area contributed by atoms with Crippen LogP contribution < -0.4 is 14.8 Å². The van der Waals surface area contributed by atoms with E-state index in [1.54, 1.807) is 16.4 Å². The molecule has 4 rings (SSSR count). The largest absolute Gasteiger partial charge is 0.454 e. The van der Waals surface area contributed by atoms with E-state index in [4.69, 9.17) is 9.47 Å². The van der Waals surface area contributed by atoms with E-state index < -0.39 is 10.0 Å². The summed E-state index contributed by atoms with van der Waals surface area (Å²) in [4.78, 5) is 0.337. The molecule has 0 aliphatic carbocycles. The van der Waals surface area contributed by atoms with Crippen LogP contribution in [0.15, 0.2) is 17.0 Å². The fourth-order valence-corrected chi connectivity index (χ4v) is 5.77. The van der Waals surface area contributed by atoms with Crippen molar-refractivity contribution in [3.05, 3.63) is 17.7 Å². The molecule has 3 aliphatic heterocycles. The van der Waals surface area contributed by atoms with Crippen molar-refractivity contribution in [1.29, 1.82) is 0 Å². The van der Waals surface area contributed by atoms with Crippen LogP contribution in [0.4, 0.5) is 0 Å². The predicted molar refractivity (Wildman–Crippen MR) is 89.8 cm³/mol. The Kier molecular flexibility index (Phi) is 4.18. The summed E-state index contributed by atoms with van der Waals surface area (Å²) in [6, 6.07) is 3.93. The van der Waals surface area contributed by atoms with Gasteiger partial charge < -0.3 is 14.8 Å². The zero-order valence-corrected chi connectivity index (χ0v) is 14.8. The highest BCUT2D eigenvalue weighted by Gasteiger charge is 2.34. The molecule has 0 saturated carbocycles. The first-order valence-corrected chi connectivity index (χ1v) is 10.1. The maximum atomic E-state index is 13.0. The van der Waals surface area contributed by atoms with Crippen molar-refractivity contribution >= 4 is 10.0 Å². The minimum atomic E-state index is -3.48. The Morgan fingerprint density at radius 1 is 1.12 bits per heavy atom. The molecule has 2 saturated heterocycles. The molecule has 1 N–H and O–H groups in total. The Hall–Kier alpha value is -1.31. The SMILES string of the molecule is Cc1cc2c(cc1S(=O)(=O)N1CCC(C3CCCN3)CC1)OCO2. The van der Waals surface area contributed by atoms with Crippen molar-refractivity contribution in [3.63, 3.8) is 0 Å². The lowest BCUT2D eigenvalue weighted by molar-refractivity contribution is 0.174. The average molecular weight is 352 g/mol. The molecule has 1 unspecified atom stereocenters. The smallest absolute Gasteiger partial charge is 0.243 e. The molecule has 6 nitrogen and oxygen atoms in total. The van der Waals surface area contributed by atoms with Gasteiger partial charge >= 0.3 is 0 Å². The molecule has 0 spiro atoms. The molecule has 7 heteroatoms. The third-order valence-electron chi connectivity index (χ3n) is 5.45. The van der Waals surface area contributed by atoms with E-state index in [0.717, 1.165) is 19.4 Å². The summed E-state index contributed by atoms with van der Waals surface area (Å²) >= 11 is 0. The van der Waals surface area contributed by atoms with E-state index in [-0.39, 0.29) is 6.79 Å². The Bertz CT molecular complexity index is 720. The third kappa shape index (κ3) is 2.78. The maximum Gasteiger partial charge on any atom is 0.243 e. The second kappa shape index (κ2) is 6.20. The van der Waals surface area contributed by atoms with Gasteiger partial charge in [-0.3, -0.25) is 0 Å². The van der Waals surface area contributed by atoms with Crippen LogP contribution in [0.2, 0.25) is 0 Å². The molecule has 2 fully saturated rings. The summed E-state index contributed by atoms with van der Waals surface area (Å²) in [5.41, 5.74) is 0.707. The molecule has 0 radical (unpaired) electrons. The van der Waals surface area contributed by atoms with Crippen LogP contribution >= 0.6 is 0 Å². The number of nitrogens with zero attached hydrogens (tertiary/aromatic N) is 1. The van der Waals surface area contributed by atoms with E-state index in [0.29, 0.717) is 47.0 Å². The Balaban J connectivity index is 1.51. The number of piperidine rings is 1. The summed E-state index contributed by atoms with van der Waals surface area (Å²) in [6.07, 6.45) is 4.32. The fourth-order valence-electron chi connectivity index (χ4n) is 4.07. The number of rotatable bonds is 3. The van der Waals surface area contributed by atoms with Crippen molar-refractivity contribution in [1.82, 2.24) is 9.62 Å². The highest BCUT2D eigenvalue weighted by atomic mass is 32.2. The first-order chi connectivity index (χ1) is 11.6. The number of fused-ring (bicyclic) bond motifs is 1. The zero-order chi connectivity index (χ0) is 16.7. The lowest BCUT2D eigenvalue weighted by atomic mass is 9.89. The van der Waals surface area contributed by atoms with Gasteiger partial charge in [0.1, 0.15) is 0 Å². The monoisotopic (exact) mass is 352 g/mol. The molecule has 1 aromatic carbocycles. The van der Waals surface area contributed by atoms with Gasteiger partial charge in [0.2, 0.25) is 16.8 Å². The molecule has 1 atom stereocenters. The lowest BCUT2D eigenvalue weighted by Crippen LogP contribution is -2.43. The average Bonchev–Trinajstić information content (AvgIpc) is 3.25. The maximum absolute atomic E-state index is 13.0. The topological polar surface area (TPSA) is 67.9 Å². The molecular formula is C17H24N2O4S. The first kappa shape index (κ1) is 16.2. The van der Waals surface area contributed by atoms with Gasteiger partial charge in [-0.05, 0) is 56.7 Å². The van der Waals surface area contributed by atoms with E-state index in [1.807, 2.05) is 6.92 Å². The van der Waals surface area contributed by atoms with Crippen molar-refractivity contribution in [2.75, 3.05) is 26.4 Å². The van der Waals surface area contributed by atoms with Crippen LogP contribution in [0.25, 0.3) is 0 Å². The van der Waals surface area contributed by atoms with Gasteiger partial charge in [-0.15, -0.1) is 0 Å². The second-order valence-electron chi connectivity index (χ2n) is 6.92. The van der Waals surface area contributed by atoms with Gasteiger partial charge in [-0.1, -0.05) is 0 Å². The minimum absolute atomic E-state index is 0.151. The van der Waals surface area contributed by atoms with Crippen LogP contribution in [0.5, 0.6) is 11.5 Å². The van der Waals surface area contributed by atoms with Crippen LogP contribution in [0.1, 0.15) is 31.2 Å². The molecule has 132 valence electrons. The van der Waals surface area contributed by atoms with Crippen molar-refractivity contribution in [2.45, 2.75) is 43.5 Å². The zero-order valence-electron chi connectivity index (χ0n) is 14.0. The summed E-state index contributed by atoms with van der Waals surface area (Å²) < 4.78 is 38.4. The van der Waals surface area contributed by atoms with E-state index in [9.17, 15) is 8.42 Å². The number of sulfonamides is 1. The van der Waals surface area contributed by atoms with Crippen LogP contribution in [0, 0.1) is 12.8 Å². The van der Waals surface area contributed by atoms with Gasteiger partial charge in [0.05, 0.1) is 4.90 Å². The number of nitrogens with one attached hydrogen (secondary N) is 1. The summed E-state index contributed by atoms with van der Waals surface area (Å²) in [6.45, 7) is 4.25. The molecule has 24 heavy (non-hydrogen) atoms. The molecule has 1 aromatic rings. The molecule has 0 amide bonds. The number of hydrogen-bond donors (Lipinski definition) is 1. The Labute approximate surface area is 143 Å². The van der Waals surface area contributed by atoms with Gasteiger partial charge in [0.25, 0.3) is 0 Å². The highest BCUT2D eigenvalue weighted by Crippen LogP contribution is 2.38. The number of ether oxygens (including phenoxy) is 2. The second-order valence-corrected chi connectivity index (χ2v) is 8.82. The summed E-state index contributed by atoms with van der Waals surface area (Å²) in [5.74, 6) is 1.73. The summed E-state index contributed by atoms with van der Waals surface area (Å²) in [7, 11) is -3.48. The number of aryl methyl sites for hydroxylation is 1. The molecule has 0 bridgehead atoms. The Morgan fingerprint density at radius 2 is 1.83 bits per heavy atom. The van der Waals surface area contributed by atoms with Crippen molar-refractivity contribution in [2.24, 2.45) is 5.92 Å². The van der Waals surface area contributed by atoms with E-state index in [1.165, 1.54) is 12.8 Å². The van der Waals surface area contributed by atoms with Gasteiger partial charge in [-0.25, -0.2) is 8.42 Å². The van der Waals surface area contributed by atoms with Crippen LogP contribution in [0.3, 0.4) is 0 Å². The number of benzene rings is 1. The first-order valence-electron chi connectivity index (χ1n) is 8.69. The third-order valence-corrected chi connectivity index (χ3v) is 7.49. The van der Waals surface area contributed by atoms with Gasteiger partial charge in [0.15, 0.2) is 11.5 Å².